The number of carbonyl (C=O) groups excluding carboxylic acids is 5. The lowest BCUT2D eigenvalue weighted by molar-refractivity contribution is -0.132. The third-order valence-electron chi connectivity index (χ3n) is 10.9. The summed E-state index contributed by atoms with van der Waals surface area (Å²) in [4.78, 5) is 71.9. The molecule has 313 valence electrons. The topological polar surface area (TPSA) is 191 Å². The smallest absolute Gasteiger partial charge is 0.242 e. The molecule has 0 aliphatic rings. The number of nitrogens with two attached hydrogens (primary N) is 1. The van der Waals surface area contributed by atoms with Gasteiger partial charge in [-0.15, -0.1) is 0 Å². The molecule has 4 rings (SSSR count). The first-order valence-corrected chi connectivity index (χ1v) is 21.9. The van der Waals surface area contributed by atoms with Gasteiger partial charge in [0.1, 0.15) is 18.1 Å². The van der Waals surface area contributed by atoms with Crippen LogP contribution in [0.5, 0.6) is 0 Å². The molecule has 5 amide bonds. The minimum absolute atomic E-state index is 0.131. The summed E-state index contributed by atoms with van der Waals surface area (Å²) in [6, 6.07) is 11.8. The zero-order valence-corrected chi connectivity index (χ0v) is 35.6. The zero-order valence-electron chi connectivity index (χ0n) is 34.6. The Hall–Kier alpha value is -4.91. The van der Waals surface area contributed by atoms with Gasteiger partial charge >= 0.3 is 0 Å². The Balaban J connectivity index is 1.26. The standard InChI is InChI=1S/C45H64N7O5Si/c1-4-5-6-7-8-9-10-11-12-13-14-15-16-25-40(53)51-38(26-32-28-47-36-23-19-17-21-34(32)36)41(58)45(57)50-30(2)43(55)49-31(3)44(56)52-39(42(46)54)27-33-29-48-37-24-20-18-22-35(33)37/h17-24,28-31,38-39,41,47-48H,4-16,25-27H2,1-3H3,(H2,46,54)(H,49,55)(H,50,57)(H,51,53)(H,52,56)/t30-,31-,38-,39-,41?/m0/s1. The van der Waals surface area contributed by atoms with Gasteiger partial charge in [-0.2, -0.15) is 0 Å². The molecule has 1 unspecified atom stereocenters. The quantitative estimate of drug-likeness (QED) is 0.0273. The van der Waals surface area contributed by atoms with Gasteiger partial charge in [-0.3, -0.25) is 24.0 Å². The van der Waals surface area contributed by atoms with Crippen LogP contribution in [0.2, 0.25) is 5.54 Å². The fourth-order valence-corrected chi connectivity index (χ4v) is 7.65. The normalized spacial score (nSPS) is 14.0. The van der Waals surface area contributed by atoms with E-state index in [4.69, 9.17) is 5.73 Å². The van der Waals surface area contributed by atoms with E-state index in [0.29, 0.717) is 12.8 Å². The Kier molecular flexibility index (Phi) is 19.0. The highest BCUT2D eigenvalue weighted by Crippen LogP contribution is 2.23. The fourth-order valence-electron chi connectivity index (χ4n) is 7.37. The zero-order chi connectivity index (χ0) is 41.9. The summed E-state index contributed by atoms with van der Waals surface area (Å²) >= 11 is 0. The molecule has 2 aromatic carbocycles. The maximum absolute atomic E-state index is 13.6. The molecule has 2 heterocycles. The summed E-state index contributed by atoms with van der Waals surface area (Å²) in [5.41, 5.74) is 8.38. The van der Waals surface area contributed by atoms with E-state index < -0.39 is 53.3 Å². The van der Waals surface area contributed by atoms with Gasteiger partial charge in [-0.25, -0.2) is 0 Å². The van der Waals surface area contributed by atoms with Crippen molar-refractivity contribution in [3.8, 4) is 0 Å². The molecule has 8 N–H and O–H groups in total. The molecule has 0 saturated carbocycles. The van der Waals surface area contributed by atoms with E-state index in [2.05, 4.69) is 48.4 Å². The monoisotopic (exact) mass is 810 g/mol. The maximum Gasteiger partial charge on any atom is 0.242 e. The molecule has 4 aromatic rings. The van der Waals surface area contributed by atoms with Crippen LogP contribution in [0, 0.1) is 0 Å². The van der Waals surface area contributed by atoms with Crippen LogP contribution in [0.1, 0.15) is 122 Å². The van der Waals surface area contributed by atoms with E-state index in [-0.39, 0.29) is 12.3 Å². The van der Waals surface area contributed by atoms with Gasteiger partial charge in [0.2, 0.25) is 29.5 Å². The number of carbonyl (C=O) groups is 5. The van der Waals surface area contributed by atoms with Crippen molar-refractivity contribution in [3.05, 3.63) is 72.1 Å². The second-order valence-electron chi connectivity index (χ2n) is 15.7. The predicted molar refractivity (Wildman–Crippen MR) is 232 cm³/mol. The van der Waals surface area contributed by atoms with Crippen LogP contribution in [-0.4, -0.2) is 73.9 Å². The molecule has 58 heavy (non-hydrogen) atoms. The Labute approximate surface area is 346 Å². The van der Waals surface area contributed by atoms with E-state index in [9.17, 15) is 24.0 Å². The molecule has 0 aliphatic carbocycles. The molecule has 0 bridgehead atoms. The number of fused-ring (bicyclic) bond motifs is 2. The van der Waals surface area contributed by atoms with Crippen LogP contribution in [0.3, 0.4) is 0 Å². The van der Waals surface area contributed by atoms with Crippen molar-refractivity contribution < 1.29 is 24.0 Å². The number of primary amides is 1. The number of amides is 5. The van der Waals surface area contributed by atoms with Crippen molar-refractivity contribution in [1.82, 2.24) is 31.2 Å². The molecular weight excluding hydrogens is 747 g/mol. The summed E-state index contributed by atoms with van der Waals surface area (Å²) in [5, 5.41) is 13.0. The van der Waals surface area contributed by atoms with Gasteiger partial charge in [0.05, 0.1) is 0 Å². The van der Waals surface area contributed by atoms with Crippen molar-refractivity contribution in [2.75, 3.05) is 0 Å². The summed E-state index contributed by atoms with van der Waals surface area (Å²) in [7, 11) is 3.61. The molecule has 0 aliphatic heterocycles. The van der Waals surface area contributed by atoms with Crippen LogP contribution >= 0.6 is 0 Å². The van der Waals surface area contributed by atoms with E-state index in [0.717, 1.165) is 52.2 Å². The largest absolute Gasteiger partial charge is 0.368 e. The van der Waals surface area contributed by atoms with Crippen LogP contribution < -0.4 is 27.0 Å². The SMILES string of the molecule is CCCCCCCCCCCCCCCC(=O)N[C@@H](Cc1c[nH]c2ccccc12)C([Si])C(=O)N[C@@H](C)C(=O)N[C@@H](C)C(=O)N[C@@H](Cc1c[nH]c2ccccc12)C(N)=O. The number of hydrogen-bond acceptors (Lipinski definition) is 5. The number of benzene rings is 2. The summed E-state index contributed by atoms with van der Waals surface area (Å²) in [5.74, 6) is -2.52. The van der Waals surface area contributed by atoms with Crippen LogP contribution in [-0.2, 0) is 36.8 Å². The van der Waals surface area contributed by atoms with Crippen LogP contribution in [0.25, 0.3) is 21.8 Å². The number of unbranched alkanes of at least 4 members (excludes halogenated alkanes) is 12. The van der Waals surface area contributed by atoms with E-state index >= 15 is 0 Å². The number of hydrogen-bond donors (Lipinski definition) is 7. The Morgan fingerprint density at radius 1 is 0.603 bits per heavy atom. The van der Waals surface area contributed by atoms with Gasteiger partial charge in [-0.1, -0.05) is 120 Å². The lowest BCUT2D eigenvalue weighted by Gasteiger charge is -2.26. The number of para-hydroxylation sites is 2. The van der Waals surface area contributed by atoms with Gasteiger partial charge < -0.3 is 37.0 Å². The highest BCUT2D eigenvalue weighted by molar-refractivity contribution is 6.24. The number of H-pyrrole nitrogens is 2. The van der Waals surface area contributed by atoms with E-state index in [1.165, 1.54) is 78.1 Å². The van der Waals surface area contributed by atoms with Gasteiger partial charge in [-0.05, 0) is 49.9 Å². The summed E-state index contributed by atoms with van der Waals surface area (Å²) in [6.07, 6.45) is 20.4. The molecular formula is C45H64N7O5Si. The molecule has 3 radical (unpaired) electrons. The third-order valence-corrected chi connectivity index (χ3v) is 11.6. The molecule has 0 saturated heterocycles. The molecule has 5 atom stereocenters. The van der Waals surface area contributed by atoms with Gasteiger partial charge in [0.25, 0.3) is 0 Å². The van der Waals surface area contributed by atoms with Gasteiger partial charge in [0, 0.05) is 68.9 Å². The van der Waals surface area contributed by atoms with E-state index in [1.54, 1.807) is 6.20 Å². The lowest BCUT2D eigenvalue weighted by Crippen LogP contribution is -2.56. The minimum atomic E-state index is -1.03. The highest BCUT2D eigenvalue weighted by Gasteiger charge is 2.30. The van der Waals surface area contributed by atoms with E-state index in [1.807, 2.05) is 54.7 Å². The molecule has 13 heteroatoms. The first-order chi connectivity index (χ1) is 28.0. The van der Waals surface area contributed by atoms with Crippen LogP contribution in [0.15, 0.2) is 60.9 Å². The second kappa shape index (κ2) is 24.1. The number of aromatic nitrogens is 2. The number of rotatable bonds is 27. The Bertz CT molecular complexity index is 1920. The lowest BCUT2D eigenvalue weighted by atomic mass is 10.0. The predicted octanol–water partition coefficient (Wildman–Crippen LogP) is 6.34. The maximum atomic E-state index is 13.6. The third kappa shape index (κ3) is 14.5. The first kappa shape index (κ1) is 45.8. The first-order valence-electron chi connectivity index (χ1n) is 21.3. The number of nitrogens with one attached hydrogen (secondary N) is 6. The molecule has 0 fully saturated rings. The minimum Gasteiger partial charge on any atom is -0.368 e. The molecule has 0 spiro atoms. The second-order valence-corrected chi connectivity index (χ2v) is 16.3. The van der Waals surface area contributed by atoms with Crippen LogP contribution in [0.4, 0.5) is 0 Å². The Morgan fingerprint density at radius 2 is 1.05 bits per heavy atom. The molecule has 12 nitrogen and oxygen atoms in total. The highest BCUT2D eigenvalue weighted by atomic mass is 28.1. The average Bonchev–Trinajstić information content (AvgIpc) is 3.82. The van der Waals surface area contributed by atoms with Crippen molar-refractivity contribution in [1.29, 1.82) is 0 Å². The summed E-state index contributed by atoms with van der Waals surface area (Å²) < 4.78 is 0. The van der Waals surface area contributed by atoms with Crippen molar-refractivity contribution >= 4 is 61.6 Å². The Morgan fingerprint density at radius 3 is 1.57 bits per heavy atom. The molecule has 2 aromatic heterocycles. The van der Waals surface area contributed by atoms with Gasteiger partial charge in [0.15, 0.2) is 0 Å². The van der Waals surface area contributed by atoms with Crippen molar-refractivity contribution in [2.24, 2.45) is 5.73 Å². The fraction of sp³-hybridized carbons (Fsp3) is 0.533. The van der Waals surface area contributed by atoms with Crippen molar-refractivity contribution in [2.45, 2.75) is 153 Å². The number of aromatic amines is 2. The van der Waals surface area contributed by atoms with Crippen molar-refractivity contribution in [3.63, 3.8) is 0 Å². The average molecular weight is 811 g/mol. The summed E-state index contributed by atoms with van der Waals surface area (Å²) in [6.45, 7) is 5.25.